The molecular formula is C29H41NO5. The second-order valence-electron chi connectivity index (χ2n) is 9.21. The van der Waals surface area contributed by atoms with Crippen molar-refractivity contribution in [1.82, 2.24) is 4.98 Å². The van der Waals surface area contributed by atoms with Crippen molar-refractivity contribution in [3.63, 3.8) is 0 Å². The predicted molar refractivity (Wildman–Crippen MR) is 143 cm³/mol. The number of ether oxygens (including phenoxy) is 3. The lowest BCUT2D eigenvalue weighted by Gasteiger charge is -2.14. The molecule has 0 atom stereocenters. The molecule has 1 aromatic heterocycles. The molecule has 1 aromatic carbocycles. The lowest BCUT2D eigenvalue weighted by Crippen LogP contribution is -2.16. The Kier molecular flexibility index (Phi) is 12.2. The van der Waals surface area contributed by atoms with Gasteiger partial charge < -0.3 is 19.2 Å². The summed E-state index contributed by atoms with van der Waals surface area (Å²) in [6.45, 7) is 10.6. The summed E-state index contributed by atoms with van der Waals surface area (Å²) in [7, 11) is 0. The van der Waals surface area contributed by atoms with Gasteiger partial charge in [0.25, 0.3) is 5.56 Å². The molecule has 192 valence electrons. The zero-order chi connectivity index (χ0) is 25.6. The Morgan fingerprint density at radius 3 is 2.40 bits per heavy atom. The Morgan fingerprint density at radius 2 is 1.69 bits per heavy atom. The first-order valence-electron chi connectivity index (χ1n) is 12.7. The van der Waals surface area contributed by atoms with Gasteiger partial charge in [-0.3, -0.25) is 9.59 Å². The van der Waals surface area contributed by atoms with Crippen LogP contribution in [0.2, 0.25) is 0 Å². The van der Waals surface area contributed by atoms with Crippen LogP contribution < -0.4 is 19.8 Å². The van der Waals surface area contributed by atoms with Crippen LogP contribution in [0.3, 0.4) is 0 Å². The third-order valence-corrected chi connectivity index (χ3v) is 5.66. The number of allylic oxidation sites excluding steroid dienone is 3. The summed E-state index contributed by atoms with van der Waals surface area (Å²) < 4.78 is 17.1. The minimum absolute atomic E-state index is 0.124. The number of rotatable bonds is 15. The van der Waals surface area contributed by atoms with Gasteiger partial charge in [0.2, 0.25) is 5.75 Å². The predicted octanol–water partition coefficient (Wildman–Crippen LogP) is 7.26. The van der Waals surface area contributed by atoms with E-state index in [1.165, 1.54) is 43.8 Å². The molecular weight excluding hydrogens is 442 g/mol. The monoisotopic (exact) mass is 483 g/mol. The van der Waals surface area contributed by atoms with Gasteiger partial charge in [-0.25, -0.2) is 0 Å². The van der Waals surface area contributed by atoms with Crippen LogP contribution in [0.1, 0.15) is 86.0 Å². The van der Waals surface area contributed by atoms with Gasteiger partial charge in [-0.2, -0.15) is 0 Å². The van der Waals surface area contributed by atoms with Crippen LogP contribution in [-0.4, -0.2) is 24.2 Å². The Labute approximate surface area is 209 Å². The fraction of sp³-hybridized carbons (Fsp3) is 0.517. The minimum atomic E-state index is -0.577. The van der Waals surface area contributed by atoms with Crippen LogP contribution in [-0.2, 0) is 4.79 Å². The number of unbranched alkanes of at least 4 members (excludes halogenated alkanes) is 5. The van der Waals surface area contributed by atoms with Crippen molar-refractivity contribution in [2.45, 2.75) is 86.0 Å². The average molecular weight is 484 g/mol. The average Bonchev–Trinajstić information content (AvgIpc) is 2.79. The number of hydrogen-bond acceptors (Lipinski definition) is 5. The van der Waals surface area contributed by atoms with Gasteiger partial charge in [0, 0.05) is 18.4 Å². The van der Waals surface area contributed by atoms with E-state index >= 15 is 0 Å². The molecule has 0 bridgehead atoms. The smallest absolute Gasteiger partial charge is 0.308 e. The topological polar surface area (TPSA) is 77.6 Å². The molecule has 2 aromatic rings. The molecule has 0 radical (unpaired) electrons. The van der Waals surface area contributed by atoms with Gasteiger partial charge in [-0.15, -0.1) is 0 Å². The van der Waals surface area contributed by atoms with Crippen molar-refractivity contribution >= 4 is 16.9 Å². The van der Waals surface area contributed by atoms with E-state index in [-0.39, 0.29) is 18.1 Å². The fourth-order valence-corrected chi connectivity index (χ4v) is 3.73. The molecule has 0 amide bonds. The first-order chi connectivity index (χ1) is 16.8. The van der Waals surface area contributed by atoms with Crippen LogP contribution in [0.5, 0.6) is 17.2 Å². The molecule has 1 heterocycles. The maximum Gasteiger partial charge on any atom is 0.308 e. The van der Waals surface area contributed by atoms with Crippen molar-refractivity contribution in [3.05, 3.63) is 51.9 Å². The highest BCUT2D eigenvalue weighted by molar-refractivity contribution is 5.89. The molecule has 0 aliphatic rings. The number of benzene rings is 1. The van der Waals surface area contributed by atoms with Crippen molar-refractivity contribution < 1.29 is 19.0 Å². The molecule has 0 aliphatic heterocycles. The summed E-state index contributed by atoms with van der Waals surface area (Å²) >= 11 is 0. The number of pyridine rings is 1. The molecule has 35 heavy (non-hydrogen) atoms. The number of hydrogen-bond donors (Lipinski definition) is 1. The van der Waals surface area contributed by atoms with Crippen molar-refractivity contribution in [3.8, 4) is 17.2 Å². The van der Waals surface area contributed by atoms with E-state index in [4.69, 9.17) is 14.2 Å². The number of carbonyl (C=O) groups excluding carboxylic acids is 1. The molecule has 1 N–H and O–H groups in total. The zero-order valence-corrected chi connectivity index (χ0v) is 22.0. The van der Waals surface area contributed by atoms with Gasteiger partial charge in [0.15, 0.2) is 5.75 Å². The third-order valence-electron chi connectivity index (χ3n) is 5.66. The Hall–Kier alpha value is -3.02. The standard InChI is InChI=1S/C29H41NO5/c1-6-7-8-9-10-11-18-33-24-15-16-25-26(20-24)30-29(32)28(35-23(5)31)27(25)34-19-17-22(4)14-12-13-21(2)3/h13,15-17,20H,6-12,14,18-19H2,1-5H3,(H,30,32)/b22-17+. The first-order valence-corrected chi connectivity index (χ1v) is 12.7. The number of nitrogens with one attached hydrogen (secondary N) is 1. The number of esters is 1. The van der Waals surface area contributed by atoms with E-state index in [1.54, 1.807) is 6.07 Å². The molecule has 0 fully saturated rings. The molecule has 0 unspecified atom stereocenters. The van der Waals surface area contributed by atoms with Crippen molar-refractivity contribution in [2.24, 2.45) is 0 Å². The Balaban J connectivity index is 2.15. The molecule has 6 nitrogen and oxygen atoms in total. The van der Waals surface area contributed by atoms with E-state index in [1.807, 2.05) is 18.2 Å². The number of aromatic nitrogens is 1. The molecule has 0 saturated heterocycles. The summed E-state index contributed by atoms with van der Waals surface area (Å²) in [6.07, 6.45) is 13.3. The van der Waals surface area contributed by atoms with E-state index < -0.39 is 11.5 Å². The maximum absolute atomic E-state index is 12.7. The molecule has 2 rings (SSSR count). The number of fused-ring (bicyclic) bond motifs is 1. The third kappa shape index (κ3) is 10.0. The highest BCUT2D eigenvalue weighted by atomic mass is 16.6. The lowest BCUT2D eigenvalue weighted by atomic mass is 10.1. The molecule has 0 saturated carbocycles. The second-order valence-corrected chi connectivity index (χ2v) is 9.21. The largest absolute Gasteiger partial charge is 0.494 e. The summed E-state index contributed by atoms with van der Waals surface area (Å²) in [5.41, 5.74) is 2.55. The fourth-order valence-electron chi connectivity index (χ4n) is 3.73. The quantitative estimate of drug-likeness (QED) is 0.164. The van der Waals surface area contributed by atoms with E-state index in [0.717, 1.165) is 25.7 Å². The van der Waals surface area contributed by atoms with Crippen LogP contribution in [0.25, 0.3) is 10.9 Å². The highest BCUT2D eigenvalue weighted by Crippen LogP contribution is 2.33. The number of aromatic amines is 1. The Bertz CT molecular complexity index is 1080. The van der Waals surface area contributed by atoms with Crippen LogP contribution >= 0.6 is 0 Å². The molecule has 0 spiro atoms. The van der Waals surface area contributed by atoms with Gasteiger partial charge in [0.05, 0.1) is 12.1 Å². The van der Waals surface area contributed by atoms with Crippen LogP contribution in [0.4, 0.5) is 0 Å². The van der Waals surface area contributed by atoms with Gasteiger partial charge >= 0.3 is 5.97 Å². The summed E-state index contributed by atoms with van der Waals surface area (Å²) in [5, 5.41) is 0.656. The first kappa shape index (κ1) is 28.2. The minimum Gasteiger partial charge on any atom is -0.494 e. The molecule has 6 heteroatoms. The van der Waals surface area contributed by atoms with Gasteiger partial charge in [-0.1, -0.05) is 56.3 Å². The maximum atomic E-state index is 12.7. The van der Waals surface area contributed by atoms with Crippen LogP contribution in [0.15, 0.2) is 46.3 Å². The zero-order valence-electron chi connectivity index (χ0n) is 22.0. The normalized spacial score (nSPS) is 11.4. The van der Waals surface area contributed by atoms with Crippen molar-refractivity contribution in [1.29, 1.82) is 0 Å². The van der Waals surface area contributed by atoms with Crippen LogP contribution in [0, 0.1) is 0 Å². The highest BCUT2D eigenvalue weighted by Gasteiger charge is 2.18. The summed E-state index contributed by atoms with van der Waals surface area (Å²) in [4.78, 5) is 27.1. The van der Waals surface area contributed by atoms with Crippen molar-refractivity contribution in [2.75, 3.05) is 13.2 Å². The SMILES string of the molecule is CCCCCCCCOc1ccc2c(OC/C=C(\C)CCC=C(C)C)c(OC(C)=O)c(=O)[nH]c2c1. The summed E-state index contributed by atoms with van der Waals surface area (Å²) in [5.74, 6) is 0.242. The van der Waals surface area contributed by atoms with E-state index in [0.29, 0.717) is 23.3 Å². The summed E-state index contributed by atoms with van der Waals surface area (Å²) in [6, 6.07) is 5.47. The van der Waals surface area contributed by atoms with E-state index in [2.05, 4.69) is 38.8 Å². The number of H-pyrrole nitrogens is 1. The Morgan fingerprint density at radius 1 is 0.943 bits per heavy atom. The van der Waals surface area contributed by atoms with Gasteiger partial charge in [0.1, 0.15) is 12.4 Å². The van der Waals surface area contributed by atoms with Gasteiger partial charge in [-0.05, 0) is 58.2 Å². The number of carbonyl (C=O) groups is 1. The lowest BCUT2D eigenvalue weighted by molar-refractivity contribution is -0.132. The second kappa shape index (κ2) is 15.1. The molecule has 0 aliphatic carbocycles. The van der Waals surface area contributed by atoms with E-state index in [9.17, 15) is 9.59 Å².